The molecule has 0 saturated heterocycles. The summed E-state index contributed by atoms with van der Waals surface area (Å²) in [4.78, 5) is 24.6. The van der Waals surface area contributed by atoms with Crippen LogP contribution in [0.3, 0.4) is 0 Å². The van der Waals surface area contributed by atoms with Gasteiger partial charge in [0.1, 0.15) is 6.61 Å². The second-order valence-electron chi connectivity index (χ2n) is 10.6. The molecule has 39 heavy (non-hydrogen) atoms. The van der Waals surface area contributed by atoms with Crippen molar-refractivity contribution in [3.63, 3.8) is 0 Å². The first kappa shape index (κ1) is 37.8. The lowest BCUT2D eigenvalue weighted by Gasteiger charge is -2.18. The fourth-order valence-electron chi connectivity index (χ4n) is 4.36. The summed E-state index contributed by atoms with van der Waals surface area (Å²) in [5.41, 5.74) is 0. The first-order valence-electron chi connectivity index (χ1n) is 16.1. The molecule has 7 nitrogen and oxygen atoms in total. The molecule has 1 unspecified atom stereocenters. The topological polar surface area (TPSA) is 80.3 Å². The molecule has 0 aromatic rings. The number of unbranched alkanes of at least 4 members (excludes halogenated alkanes) is 16. The predicted molar refractivity (Wildman–Crippen MR) is 158 cm³/mol. The van der Waals surface area contributed by atoms with Crippen molar-refractivity contribution >= 4 is 11.9 Å². The van der Waals surface area contributed by atoms with Gasteiger partial charge in [-0.2, -0.15) is 0 Å². The number of hydrogen-bond donors (Lipinski definition) is 0. The van der Waals surface area contributed by atoms with Gasteiger partial charge >= 0.3 is 11.9 Å². The van der Waals surface area contributed by atoms with E-state index in [4.69, 9.17) is 23.7 Å². The average molecular weight is 559 g/mol. The molecule has 1 atom stereocenters. The smallest absolute Gasteiger partial charge is 0.306 e. The van der Waals surface area contributed by atoms with E-state index in [2.05, 4.69) is 13.8 Å². The highest BCUT2D eigenvalue weighted by Crippen LogP contribution is 2.13. The van der Waals surface area contributed by atoms with Crippen molar-refractivity contribution in [2.24, 2.45) is 0 Å². The zero-order valence-corrected chi connectivity index (χ0v) is 25.8. The lowest BCUT2D eigenvalue weighted by Crippen LogP contribution is -2.30. The number of rotatable bonds is 31. The number of esters is 2. The SMILES string of the molecule is CCCCCCCCCCCC(=O)OCC(COCCOCCOC)OC(=O)CCCCCCCCCCC. The molecule has 0 radical (unpaired) electrons. The summed E-state index contributed by atoms with van der Waals surface area (Å²) in [6.07, 6.45) is 21.8. The van der Waals surface area contributed by atoms with Gasteiger partial charge < -0.3 is 23.7 Å². The third kappa shape index (κ3) is 29.6. The average Bonchev–Trinajstić information content (AvgIpc) is 2.93. The van der Waals surface area contributed by atoms with Crippen molar-refractivity contribution in [3.8, 4) is 0 Å². The fourth-order valence-corrected chi connectivity index (χ4v) is 4.36. The minimum atomic E-state index is -0.595. The van der Waals surface area contributed by atoms with Crippen LogP contribution in [0.2, 0.25) is 0 Å². The van der Waals surface area contributed by atoms with E-state index in [-0.39, 0.29) is 25.2 Å². The van der Waals surface area contributed by atoms with Gasteiger partial charge in [-0.3, -0.25) is 9.59 Å². The van der Waals surface area contributed by atoms with Gasteiger partial charge in [-0.25, -0.2) is 0 Å². The van der Waals surface area contributed by atoms with Crippen LogP contribution < -0.4 is 0 Å². The van der Waals surface area contributed by atoms with E-state index < -0.39 is 6.10 Å². The Hall–Kier alpha value is -1.18. The highest BCUT2D eigenvalue weighted by Gasteiger charge is 2.17. The first-order valence-corrected chi connectivity index (χ1v) is 16.1. The molecule has 0 aromatic carbocycles. The molecule has 0 spiro atoms. The summed E-state index contributed by atoms with van der Waals surface area (Å²) in [5, 5.41) is 0. The van der Waals surface area contributed by atoms with E-state index in [0.29, 0.717) is 39.3 Å². The maximum atomic E-state index is 12.4. The second-order valence-corrected chi connectivity index (χ2v) is 10.6. The molecular weight excluding hydrogens is 496 g/mol. The van der Waals surface area contributed by atoms with Gasteiger partial charge in [0.25, 0.3) is 0 Å². The molecule has 0 heterocycles. The zero-order chi connectivity index (χ0) is 28.7. The first-order chi connectivity index (χ1) is 19.1. The van der Waals surface area contributed by atoms with Crippen LogP contribution in [0.5, 0.6) is 0 Å². The Morgan fingerprint density at radius 3 is 1.46 bits per heavy atom. The Morgan fingerprint density at radius 2 is 0.949 bits per heavy atom. The molecule has 0 N–H and O–H groups in total. The molecule has 0 aromatic heterocycles. The van der Waals surface area contributed by atoms with Crippen molar-refractivity contribution in [2.75, 3.05) is 46.8 Å². The van der Waals surface area contributed by atoms with Crippen LogP contribution in [-0.4, -0.2) is 64.8 Å². The van der Waals surface area contributed by atoms with Crippen LogP contribution in [0.25, 0.3) is 0 Å². The third-order valence-electron chi connectivity index (χ3n) is 6.80. The molecule has 0 aliphatic rings. The van der Waals surface area contributed by atoms with Crippen LogP contribution in [0.15, 0.2) is 0 Å². The Balaban J connectivity index is 4.14. The van der Waals surface area contributed by atoms with E-state index in [1.807, 2.05) is 0 Å². The minimum absolute atomic E-state index is 0.0320. The summed E-state index contributed by atoms with van der Waals surface area (Å²) in [7, 11) is 1.63. The summed E-state index contributed by atoms with van der Waals surface area (Å²) in [6.45, 7) is 6.53. The van der Waals surface area contributed by atoms with E-state index in [0.717, 1.165) is 32.1 Å². The van der Waals surface area contributed by atoms with Crippen LogP contribution in [-0.2, 0) is 33.3 Å². The Kier molecular flexibility index (Phi) is 30.4. The van der Waals surface area contributed by atoms with E-state index in [1.165, 1.54) is 83.5 Å². The maximum Gasteiger partial charge on any atom is 0.306 e. The lowest BCUT2D eigenvalue weighted by atomic mass is 10.1. The largest absolute Gasteiger partial charge is 0.462 e. The normalized spacial score (nSPS) is 12.0. The fraction of sp³-hybridized carbons (Fsp3) is 0.938. The molecule has 0 bridgehead atoms. The van der Waals surface area contributed by atoms with Crippen molar-refractivity contribution in [2.45, 2.75) is 148 Å². The number of hydrogen-bond acceptors (Lipinski definition) is 7. The van der Waals surface area contributed by atoms with Gasteiger partial charge in [-0.05, 0) is 12.8 Å². The van der Waals surface area contributed by atoms with Gasteiger partial charge in [0, 0.05) is 20.0 Å². The van der Waals surface area contributed by atoms with Gasteiger partial charge in [-0.1, -0.05) is 117 Å². The van der Waals surface area contributed by atoms with E-state index >= 15 is 0 Å². The molecule has 0 saturated carbocycles. The van der Waals surface area contributed by atoms with Crippen molar-refractivity contribution in [1.82, 2.24) is 0 Å². The molecule has 0 fully saturated rings. The molecule has 0 aliphatic heterocycles. The van der Waals surface area contributed by atoms with E-state index in [9.17, 15) is 9.59 Å². The minimum Gasteiger partial charge on any atom is -0.462 e. The Bertz CT molecular complexity index is 527. The van der Waals surface area contributed by atoms with Gasteiger partial charge in [0.05, 0.1) is 33.0 Å². The van der Waals surface area contributed by atoms with Crippen molar-refractivity contribution < 1.29 is 33.3 Å². The van der Waals surface area contributed by atoms with Gasteiger partial charge in [-0.15, -0.1) is 0 Å². The number of ether oxygens (including phenoxy) is 5. The number of carbonyl (C=O) groups is 2. The maximum absolute atomic E-state index is 12.4. The van der Waals surface area contributed by atoms with E-state index in [1.54, 1.807) is 7.11 Å². The van der Waals surface area contributed by atoms with Gasteiger partial charge in [0.2, 0.25) is 0 Å². The summed E-state index contributed by atoms with van der Waals surface area (Å²) in [5.74, 6) is -0.487. The molecule has 7 heteroatoms. The molecule has 0 rings (SSSR count). The molecule has 232 valence electrons. The van der Waals surface area contributed by atoms with Crippen LogP contribution in [0, 0.1) is 0 Å². The van der Waals surface area contributed by atoms with Crippen LogP contribution in [0.1, 0.15) is 142 Å². The Labute approximate surface area is 240 Å². The van der Waals surface area contributed by atoms with Crippen LogP contribution in [0.4, 0.5) is 0 Å². The zero-order valence-electron chi connectivity index (χ0n) is 25.8. The third-order valence-corrected chi connectivity index (χ3v) is 6.80. The lowest BCUT2D eigenvalue weighted by molar-refractivity contribution is -0.163. The number of methoxy groups -OCH3 is 1. The van der Waals surface area contributed by atoms with Gasteiger partial charge in [0.15, 0.2) is 6.10 Å². The summed E-state index contributed by atoms with van der Waals surface area (Å²) < 4.78 is 27.0. The quantitative estimate of drug-likeness (QED) is 0.0630. The standard InChI is InChI=1S/C32H62O7/c1-4-6-8-10-12-14-16-18-20-22-31(33)38-29-30(28-37-27-26-36-25-24-35-3)39-32(34)23-21-19-17-15-13-11-9-7-5-2/h30H,4-29H2,1-3H3. The number of carbonyl (C=O) groups excluding carboxylic acids is 2. The summed E-state index contributed by atoms with van der Waals surface area (Å²) >= 11 is 0. The molecule has 0 aliphatic carbocycles. The highest BCUT2D eigenvalue weighted by atomic mass is 16.6. The molecular formula is C32H62O7. The van der Waals surface area contributed by atoms with Crippen LogP contribution >= 0.6 is 0 Å². The Morgan fingerprint density at radius 1 is 0.513 bits per heavy atom. The highest BCUT2D eigenvalue weighted by molar-refractivity contribution is 5.70. The molecule has 0 amide bonds. The van der Waals surface area contributed by atoms with Crippen molar-refractivity contribution in [1.29, 1.82) is 0 Å². The van der Waals surface area contributed by atoms with Crippen molar-refractivity contribution in [3.05, 3.63) is 0 Å². The second kappa shape index (κ2) is 31.3. The monoisotopic (exact) mass is 558 g/mol. The summed E-state index contributed by atoms with van der Waals surface area (Å²) in [6, 6.07) is 0. The predicted octanol–water partition coefficient (Wildman–Crippen LogP) is 7.96.